The summed E-state index contributed by atoms with van der Waals surface area (Å²) >= 11 is 0. The molecule has 4 heteroatoms. The molecule has 4 nitrogen and oxygen atoms in total. The molecule has 1 saturated carbocycles. The van der Waals surface area contributed by atoms with Crippen LogP contribution in [0.2, 0.25) is 0 Å². The molecular weight excluding hydrogens is 230 g/mol. The van der Waals surface area contributed by atoms with Crippen LogP contribution in [-0.4, -0.2) is 18.6 Å². The molecule has 1 aliphatic heterocycles. The zero-order valence-corrected chi connectivity index (χ0v) is 10.3. The second kappa shape index (κ2) is 4.98. The second-order valence-corrected chi connectivity index (χ2v) is 4.88. The highest BCUT2D eigenvalue weighted by atomic mass is 16.7. The Labute approximate surface area is 106 Å². The molecule has 1 aromatic carbocycles. The predicted molar refractivity (Wildman–Crippen MR) is 66.4 cm³/mol. The third-order valence-corrected chi connectivity index (χ3v) is 3.57. The van der Waals surface area contributed by atoms with Gasteiger partial charge in [0.05, 0.1) is 12.7 Å². The van der Waals surface area contributed by atoms with Crippen molar-refractivity contribution in [1.82, 2.24) is 5.48 Å². The van der Waals surface area contributed by atoms with E-state index in [-0.39, 0.29) is 12.0 Å². The molecule has 0 aromatic heterocycles. The molecule has 96 valence electrons. The molecule has 1 amide bonds. The number of amides is 1. The van der Waals surface area contributed by atoms with Gasteiger partial charge in [0.25, 0.3) is 5.91 Å². The molecule has 2 aliphatic rings. The highest BCUT2D eigenvalue weighted by molar-refractivity contribution is 5.93. The first-order valence-electron chi connectivity index (χ1n) is 6.54. The summed E-state index contributed by atoms with van der Waals surface area (Å²) in [7, 11) is 0. The number of ether oxygens (including phenoxy) is 1. The van der Waals surface area contributed by atoms with Crippen LogP contribution in [-0.2, 0) is 11.3 Å². The Bertz CT molecular complexity index is 452. The van der Waals surface area contributed by atoms with Gasteiger partial charge in [-0.2, -0.15) is 0 Å². The minimum Gasteiger partial charge on any atom is -0.493 e. The van der Waals surface area contributed by atoms with Crippen molar-refractivity contribution in [2.24, 2.45) is 0 Å². The van der Waals surface area contributed by atoms with Gasteiger partial charge < -0.3 is 4.74 Å². The fourth-order valence-electron chi connectivity index (χ4n) is 2.53. The lowest BCUT2D eigenvalue weighted by atomic mass is 10.1. The Morgan fingerprint density at radius 3 is 3.00 bits per heavy atom. The van der Waals surface area contributed by atoms with Gasteiger partial charge in [-0.15, -0.1) is 0 Å². The normalized spacial score (nSPS) is 18.4. The van der Waals surface area contributed by atoms with E-state index in [4.69, 9.17) is 9.57 Å². The lowest BCUT2D eigenvalue weighted by Gasteiger charge is -2.11. The van der Waals surface area contributed by atoms with E-state index in [1.54, 1.807) is 6.07 Å². The van der Waals surface area contributed by atoms with Gasteiger partial charge in [-0.1, -0.05) is 12.8 Å². The van der Waals surface area contributed by atoms with Gasteiger partial charge in [0.15, 0.2) is 0 Å². The molecule has 0 atom stereocenters. The van der Waals surface area contributed by atoms with Gasteiger partial charge in [0, 0.05) is 12.0 Å². The molecule has 0 radical (unpaired) electrons. The maximum absolute atomic E-state index is 11.9. The number of hydrogen-bond donors (Lipinski definition) is 1. The van der Waals surface area contributed by atoms with Gasteiger partial charge >= 0.3 is 0 Å². The minimum absolute atomic E-state index is 0.170. The molecule has 18 heavy (non-hydrogen) atoms. The number of carbonyl (C=O) groups excluding carboxylic acids is 1. The summed E-state index contributed by atoms with van der Waals surface area (Å²) in [5.74, 6) is 0.722. The molecule has 1 fully saturated rings. The number of fused-ring (bicyclic) bond motifs is 1. The van der Waals surface area contributed by atoms with Crippen LogP contribution >= 0.6 is 0 Å². The van der Waals surface area contributed by atoms with E-state index in [9.17, 15) is 4.79 Å². The zero-order valence-electron chi connectivity index (χ0n) is 10.3. The van der Waals surface area contributed by atoms with Crippen molar-refractivity contribution < 1.29 is 14.4 Å². The van der Waals surface area contributed by atoms with Crippen LogP contribution in [0, 0.1) is 0 Å². The average Bonchev–Trinajstić information content (AvgIpc) is 3.05. The molecule has 1 aromatic rings. The largest absolute Gasteiger partial charge is 0.493 e. The number of carbonyl (C=O) groups is 1. The fourth-order valence-corrected chi connectivity index (χ4v) is 2.53. The summed E-state index contributed by atoms with van der Waals surface area (Å²) in [6.07, 6.45) is 5.52. The van der Waals surface area contributed by atoms with Crippen LogP contribution < -0.4 is 10.2 Å². The SMILES string of the molecule is O=C(NOC1CCCC1)c1ccc2c(c1)CCO2. The van der Waals surface area contributed by atoms with Crippen molar-refractivity contribution in [2.75, 3.05) is 6.61 Å². The number of hydroxylamine groups is 1. The predicted octanol–water partition coefficient (Wildman–Crippen LogP) is 2.23. The van der Waals surface area contributed by atoms with Gasteiger partial charge in [0.1, 0.15) is 5.75 Å². The summed E-state index contributed by atoms with van der Waals surface area (Å²) in [6.45, 7) is 0.707. The molecule has 0 unspecified atom stereocenters. The van der Waals surface area contributed by atoms with E-state index in [1.165, 1.54) is 12.8 Å². The zero-order chi connectivity index (χ0) is 12.4. The fraction of sp³-hybridized carbons (Fsp3) is 0.500. The van der Waals surface area contributed by atoms with E-state index in [0.717, 1.165) is 30.6 Å². The third kappa shape index (κ3) is 2.34. The molecule has 1 aliphatic carbocycles. The molecule has 0 spiro atoms. The Hall–Kier alpha value is -1.55. The summed E-state index contributed by atoms with van der Waals surface area (Å²) in [5, 5.41) is 0. The summed E-state index contributed by atoms with van der Waals surface area (Å²) in [4.78, 5) is 17.3. The molecule has 0 bridgehead atoms. The third-order valence-electron chi connectivity index (χ3n) is 3.57. The molecular formula is C14H17NO3. The molecule has 1 N–H and O–H groups in total. The lowest BCUT2D eigenvalue weighted by Crippen LogP contribution is -2.28. The first-order valence-corrected chi connectivity index (χ1v) is 6.54. The van der Waals surface area contributed by atoms with Gasteiger partial charge in [0.2, 0.25) is 0 Å². The Morgan fingerprint density at radius 1 is 1.33 bits per heavy atom. The van der Waals surface area contributed by atoms with E-state index in [1.807, 2.05) is 12.1 Å². The van der Waals surface area contributed by atoms with Crippen LogP contribution in [0.4, 0.5) is 0 Å². The lowest BCUT2D eigenvalue weighted by molar-refractivity contribution is -0.0124. The Morgan fingerprint density at radius 2 is 2.17 bits per heavy atom. The molecule has 1 heterocycles. The van der Waals surface area contributed by atoms with Crippen molar-refractivity contribution in [3.05, 3.63) is 29.3 Å². The van der Waals surface area contributed by atoms with E-state index in [0.29, 0.717) is 12.2 Å². The molecule has 3 rings (SSSR count). The van der Waals surface area contributed by atoms with Crippen molar-refractivity contribution in [3.63, 3.8) is 0 Å². The summed E-state index contributed by atoms with van der Waals surface area (Å²) < 4.78 is 5.41. The summed E-state index contributed by atoms with van der Waals surface area (Å²) in [6, 6.07) is 5.51. The van der Waals surface area contributed by atoms with Crippen molar-refractivity contribution >= 4 is 5.91 Å². The summed E-state index contributed by atoms with van der Waals surface area (Å²) in [5.41, 5.74) is 4.29. The van der Waals surface area contributed by atoms with E-state index >= 15 is 0 Å². The maximum atomic E-state index is 11.9. The number of nitrogens with one attached hydrogen (secondary N) is 1. The second-order valence-electron chi connectivity index (χ2n) is 4.88. The van der Waals surface area contributed by atoms with E-state index < -0.39 is 0 Å². The van der Waals surface area contributed by atoms with Gasteiger partial charge in [-0.25, -0.2) is 5.48 Å². The monoisotopic (exact) mass is 247 g/mol. The number of rotatable bonds is 3. The first kappa shape index (κ1) is 11.5. The van der Waals surface area contributed by atoms with Crippen LogP contribution in [0.5, 0.6) is 5.75 Å². The number of hydrogen-bond acceptors (Lipinski definition) is 3. The topological polar surface area (TPSA) is 47.6 Å². The van der Waals surface area contributed by atoms with Crippen LogP contribution in [0.3, 0.4) is 0 Å². The maximum Gasteiger partial charge on any atom is 0.274 e. The van der Waals surface area contributed by atoms with Crippen LogP contribution in [0.25, 0.3) is 0 Å². The highest BCUT2D eigenvalue weighted by Gasteiger charge is 2.18. The van der Waals surface area contributed by atoms with Gasteiger partial charge in [-0.3, -0.25) is 9.63 Å². The van der Waals surface area contributed by atoms with Crippen molar-refractivity contribution in [3.8, 4) is 5.75 Å². The Balaban J connectivity index is 1.61. The first-order chi connectivity index (χ1) is 8.83. The van der Waals surface area contributed by atoms with Crippen molar-refractivity contribution in [1.29, 1.82) is 0 Å². The van der Waals surface area contributed by atoms with Gasteiger partial charge in [-0.05, 0) is 36.6 Å². The quantitative estimate of drug-likeness (QED) is 0.833. The molecule has 0 saturated heterocycles. The smallest absolute Gasteiger partial charge is 0.274 e. The van der Waals surface area contributed by atoms with Crippen LogP contribution in [0.1, 0.15) is 41.6 Å². The average molecular weight is 247 g/mol. The van der Waals surface area contributed by atoms with Crippen LogP contribution in [0.15, 0.2) is 18.2 Å². The Kier molecular flexibility index (Phi) is 3.19. The van der Waals surface area contributed by atoms with E-state index in [2.05, 4.69) is 5.48 Å². The standard InChI is InChI=1S/C14H17NO3/c16-14(15-18-12-3-1-2-4-12)11-5-6-13-10(9-11)7-8-17-13/h5-6,9,12H,1-4,7-8H2,(H,15,16). The van der Waals surface area contributed by atoms with Crippen molar-refractivity contribution in [2.45, 2.75) is 38.2 Å². The number of benzene rings is 1. The minimum atomic E-state index is -0.170. The highest BCUT2D eigenvalue weighted by Crippen LogP contribution is 2.26.